The number of fused-ring (bicyclic) bond motifs is 1. The first-order valence-corrected chi connectivity index (χ1v) is 8.53. The van der Waals surface area contributed by atoms with Gasteiger partial charge in [-0.3, -0.25) is 0 Å². The highest BCUT2D eigenvalue weighted by Crippen LogP contribution is 2.29. The Balaban J connectivity index is 1.77. The number of aryl methyl sites for hydroxylation is 2. The maximum atomic E-state index is 12.6. The quantitative estimate of drug-likeness (QED) is 0.523. The van der Waals surface area contributed by atoms with Gasteiger partial charge in [0.2, 0.25) is 0 Å². The van der Waals surface area contributed by atoms with Crippen LogP contribution in [0.4, 0.5) is 13.2 Å². The van der Waals surface area contributed by atoms with Crippen LogP contribution in [0, 0.1) is 3.57 Å². The summed E-state index contributed by atoms with van der Waals surface area (Å²) < 4.78 is 38.4. The lowest BCUT2D eigenvalue weighted by molar-refractivity contribution is -0.137. The van der Waals surface area contributed by atoms with Crippen molar-refractivity contribution in [2.24, 2.45) is 0 Å². The number of carbonyl (C=O) groups is 1. The molecule has 2 aromatic carbocycles. The Morgan fingerprint density at radius 2 is 1.64 bits per heavy atom. The van der Waals surface area contributed by atoms with Gasteiger partial charge in [0, 0.05) is 10.9 Å². The lowest BCUT2D eigenvalue weighted by Gasteiger charge is -2.08. The molecule has 7 heteroatoms. The third kappa shape index (κ3) is 3.81. The maximum Gasteiger partial charge on any atom is 0.416 e. The molecule has 1 aromatic heterocycles. The molecule has 0 saturated heterocycles. The molecule has 25 heavy (non-hydrogen) atoms. The van der Waals surface area contributed by atoms with Crippen LogP contribution in [-0.2, 0) is 19.0 Å². The summed E-state index contributed by atoms with van der Waals surface area (Å²) >= 11 is 2.00. The second-order valence-corrected chi connectivity index (χ2v) is 6.77. The number of hydrogen-bond donors (Lipinski definition) is 2. The third-order valence-electron chi connectivity index (χ3n) is 4.00. The highest BCUT2D eigenvalue weighted by atomic mass is 127. The van der Waals surface area contributed by atoms with E-state index in [0.29, 0.717) is 16.4 Å². The number of carboxylic acids is 1. The van der Waals surface area contributed by atoms with Crippen LogP contribution in [0.1, 0.15) is 27.2 Å². The number of hydrogen-bond acceptors (Lipinski definition) is 1. The predicted octanol–water partition coefficient (Wildman–Crippen LogP) is 5.27. The molecule has 1 heterocycles. The molecule has 0 aliphatic rings. The van der Waals surface area contributed by atoms with Crippen LogP contribution in [0.15, 0.2) is 42.5 Å². The van der Waals surface area contributed by atoms with E-state index < -0.39 is 17.7 Å². The topological polar surface area (TPSA) is 53.1 Å². The number of aromatic amines is 1. The highest BCUT2D eigenvalue weighted by molar-refractivity contribution is 14.1. The van der Waals surface area contributed by atoms with Gasteiger partial charge in [-0.1, -0.05) is 18.2 Å². The van der Waals surface area contributed by atoms with Crippen LogP contribution >= 0.6 is 22.6 Å². The van der Waals surface area contributed by atoms with Gasteiger partial charge in [0.25, 0.3) is 0 Å². The molecule has 0 fully saturated rings. The molecule has 0 aliphatic heterocycles. The average Bonchev–Trinajstić information content (AvgIpc) is 2.89. The van der Waals surface area contributed by atoms with Gasteiger partial charge in [0.05, 0.1) is 9.13 Å². The number of alkyl halides is 3. The molecule has 130 valence electrons. The Morgan fingerprint density at radius 3 is 2.24 bits per heavy atom. The number of carboxylic acid groups (broad SMARTS) is 1. The second-order valence-electron chi connectivity index (χ2n) is 5.69. The minimum absolute atomic E-state index is 0.162. The number of rotatable bonds is 4. The van der Waals surface area contributed by atoms with Gasteiger partial charge in [0.1, 0.15) is 5.69 Å². The summed E-state index contributed by atoms with van der Waals surface area (Å²) in [7, 11) is 0. The zero-order valence-electron chi connectivity index (χ0n) is 12.8. The van der Waals surface area contributed by atoms with Crippen molar-refractivity contribution in [3.8, 4) is 0 Å². The zero-order chi connectivity index (χ0) is 18.2. The second kappa shape index (κ2) is 6.70. The van der Waals surface area contributed by atoms with E-state index in [2.05, 4.69) is 4.98 Å². The van der Waals surface area contributed by atoms with Gasteiger partial charge in [-0.25, -0.2) is 4.79 Å². The lowest BCUT2D eigenvalue weighted by atomic mass is 10.0. The fraction of sp³-hybridized carbons (Fsp3) is 0.167. The third-order valence-corrected chi connectivity index (χ3v) is 5.12. The van der Waals surface area contributed by atoms with Crippen molar-refractivity contribution < 1.29 is 23.1 Å². The van der Waals surface area contributed by atoms with Crippen LogP contribution < -0.4 is 0 Å². The molecular weight excluding hydrogens is 446 g/mol. The van der Waals surface area contributed by atoms with E-state index in [1.807, 2.05) is 40.8 Å². The van der Waals surface area contributed by atoms with Gasteiger partial charge >= 0.3 is 12.1 Å². The summed E-state index contributed by atoms with van der Waals surface area (Å²) in [5.74, 6) is -1.01. The van der Waals surface area contributed by atoms with Crippen LogP contribution in [0.5, 0.6) is 0 Å². The van der Waals surface area contributed by atoms with E-state index in [0.717, 1.165) is 34.2 Å². The molecule has 0 spiro atoms. The molecule has 0 atom stereocenters. The monoisotopic (exact) mass is 459 g/mol. The van der Waals surface area contributed by atoms with Crippen LogP contribution in [0.25, 0.3) is 10.9 Å². The Hall–Kier alpha value is -2.03. The first kappa shape index (κ1) is 17.8. The molecule has 0 saturated carbocycles. The normalized spacial score (nSPS) is 11.8. The van der Waals surface area contributed by atoms with E-state index in [1.165, 1.54) is 12.1 Å². The summed E-state index contributed by atoms with van der Waals surface area (Å²) in [5, 5.41) is 9.99. The highest BCUT2D eigenvalue weighted by Gasteiger charge is 2.29. The number of benzene rings is 2. The van der Waals surface area contributed by atoms with Crippen molar-refractivity contribution >= 4 is 39.5 Å². The number of aromatic nitrogens is 1. The van der Waals surface area contributed by atoms with Crippen molar-refractivity contribution in [1.82, 2.24) is 4.98 Å². The van der Waals surface area contributed by atoms with Crippen molar-refractivity contribution in [3.05, 3.63) is 68.4 Å². The SMILES string of the molecule is O=C(O)c1[nH]c2ccc(CCc3ccc(C(F)(F)F)cc3)cc2c1I. The van der Waals surface area contributed by atoms with Crippen molar-refractivity contribution in [2.75, 3.05) is 0 Å². The fourth-order valence-electron chi connectivity index (χ4n) is 2.66. The molecule has 2 N–H and O–H groups in total. The molecule has 0 aliphatic carbocycles. The Labute approximate surface area is 155 Å². The Kier molecular flexibility index (Phi) is 4.77. The predicted molar refractivity (Wildman–Crippen MR) is 96.8 cm³/mol. The molecule has 0 bridgehead atoms. The molecule has 3 nitrogen and oxygen atoms in total. The molecule has 3 aromatic rings. The van der Waals surface area contributed by atoms with Crippen molar-refractivity contribution in [2.45, 2.75) is 19.0 Å². The van der Waals surface area contributed by atoms with Crippen LogP contribution in [-0.4, -0.2) is 16.1 Å². The van der Waals surface area contributed by atoms with Crippen LogP contribution in [0.3, 0.4) is 0 Å². The minimum atomic E-state index is -4.32. The first-order chi connectivity index (χ1) is 11.8. The van der Waals surface area contributed by atoms with Gasteiger partial charge in [-0.05, 0) is 70.8 Å². The number of nitrogens with one attached hydrogen (secondary N) is 1. The largest absolute Gasteiger partial charge is 0.477 e. The summed E-state index contributed by atoms with van der Waals surface area (Å²) in [4.78, 5) is 14.0. The van der Waals surface area contributed by atoms with Gasteiger partial charge in [0.15, 0.2) is 0 Å². The Bertz CT molecular complexity index is 930. The first-order valence-electron chi connectivity index (χ1n) is 7.45. The summed E-state index contributed by atoms with van der Waals surface area (Å²) in [6.45, 7) is 0. The Morgan fingerprint density at radius 1 is 1.04 bits per heavy atom. The summed E-state index contributed by atoms with van der Waals surface area (Å²) in [5.41, 5.74) is 2.08. The van der Waals surface area contributed by atoms with E-state index in [-0.39, 0.29) is 5.69 Å². The average molecular weight is 459 g/mol. The minimum Gasteiger partial charge on any atom is -0.477 e. The molecular formula is C18H13F3INO2. The summed E-state index contributed by atoms with van der Waals surface area (Å²) in [6.07, 6.45) is -3.06. The molecule has 0 radical (unpaired) electrons. The standard InChI is InChI=1S/C18H13F3INO2/c19-18(20,21)12-6-3-10(4-7-12)1-2-11-5-8-14-13(9-11)15(22)16(23-14)17(24)25/h3-9,23H,1-2H2,(H,24,25). The molecule has 3 rings (SSSR count). The van der Waals surface area contributed by atoms with E-state index in [9.17, 15) is 18.0 Å². The number of aromatic carboxylic acids is 1. The maximum absolute atomic E-state index is 12.6. The van der Waals surface area contributed by atoms with Gasteiger partial charge in [-0.15, -0.1) is 0 Å². The lowest BCUT2D eigenvalue weighted by Crippen LogP contribution is -2.04. The van der Waals surface area contributed by atoms with E-state index in [4.69, 9.17) is 5.11 Å². The van der Waals surface area contributed by atoms with Crippen molar-refractivity contribution in [1.29, 1.82) is 0 Å². The summed E-state index contributed by atoms with van der Waals surface area (Å²) in [6, 6.07) is 10.8. The molecule has 0 amide bonds. The van der Waals surface area contributed by atoms with Gasteiger partial charge in [-0.2, -0.15) is 13.2 Å². The number of H-pyrrole nitrogens is 1. The number of halogens is 4. The van der Waals surface area contributed by atoms with Crippen LogP contribution in [0.2, 0.25) is 0 Å². The van der Waals surface area contributed by atoms with E-state index in [1.54, 1.807) is 0 Å². The van der Waals surface area contributed by atoms with E-state index >= 15 is 0 Å². The van der Waals surface area contributed by atoms with Gasteiger partial charge < -0.3 is 10.1 Å². The fourth-order valence-corrected chi connectivity index (χ4v) is 3.47. The van der Waals surface area contributed by atoms with Crippen molar-refractivity contribution in [3.63, 3.8) is 0 Å². The molecule has 0 unspecified atom stereocenters. The zero-order valence-corrected chi connectivity index (χ0v) is 15.0. The smallest absolute Gasteiger partial charge is 0.416 e.